The Morgan fingerprint density at radius 1 is 1.06 bits per heavy atom. The van der Waals surface area contributed by atoms with E-state index in [2.05, 4.69) is 10.2 Å². The summed E-state index contributed by atoms with van der Waals surface area (Å²) in [4.78, 5) is 14.8. The van der Waals surface area contributed by atoms with Crippen molar-refractivity contribution >= 4 is 15.9 Å². The zero-order valence-electron chi connectivity index (χ0n) is 17.9. The lowest BCUT2D eigenvalue weighted by Gasteiger charge is -2.26. The molecule has 0 bridgehead atoms. The molecular weight excluding hydrogens is 418 g/mol. The van der Waals surface area contributed by atoms with Gasteiger partial charge in [0.15, 0.2) is 0 Å². The number of amides is 1. The van der Waals surface area contributed by atoms with E-state index >= 15 is 0 Å². The molecule has 8 nitrogen and oxygen atoms in total. The van der Waals surface area contributed by atoms with E-state index in [-0.39, 0.29) is 17.4 Å². The van der Waals surface area contributed by atoms with Gasteiger partial charge in [0.25, 0.3) is 5.91 Å². The molecule has 168 valence electrons. The molecule has 9 heteroatoms. The quantitative estimate of drug-likeness (QED) is 0.587. The third kappa shape index (κ3) is 6.51. The van der Waals surface area contributed by atoms with Gasteiger partial charge in [0, 0.05) is 39.3 Å². The SMILES string of the molecule is CN(C)S(=O)(=O)c1ccc(OCCNC(=O)c2ccc(CN3CCOCC3)cc2)cc1. The number of hydrogen-bond acceptors (Lipinski definition) is 6. The van der Waals surface area contributed by atoms with Crippen molar-refractivity contribution in [1.82, 2.24) is 14.5 Å². The van der Waals surface area contributed by atoms with Crippen LogP contribution in [0.1, 0.15) is 15.9 Å². The van der Waals surface area contributed by atoms with Crippen LogP contribution in [0.4, 0.5) is 0 Å². The zero-order valence-corrected chi connectivity index (χ0v) is 18.7. The molecule has 1 aliphatic rings. The van der Waals surface area contributed by atoms with Crippen LogP contribution < -0.4 is 10.1 Å². The summed E-state index contributed by atoms with van der Waals surface area (Å²) in [6, 6.07) is 13.8. The predicted octanol–water partition coefficient (Wildman–Crippen LogP) is 1.58. The smallest absolute Gasteiger partial charge is 0.251 e. The van der Waals surface area contributed by atoms with Crippen LogP contribution in [0.5, 0.6) is 5.75 Å². The largest absolute Gasteiger partial charge is 0.492 e. The number of benzene rings is 2. The van der Waals surface area contributed by atoms with E-state index in [1.54, 1.807) is 12.1 Å². The third-order valence-corrected chi connectivity index (χ3v) is 6.81. The predicted molar refractivity (Wildman–Crippen MR) is 118 cm³/mol. The van der Waals surface area contributed by atoms with Crippen LogP contribution in [-0.4, -0.2) is 77.1 Å². The Labute approximate surface area is 183 Å². The lowest BCUT2D eigenvalue weighted by Crippen LogP contribution is -2.35. The first kappa shape index (κ1) is 23.2. The summed E-state index contributed by atoms with van der Waals surface area (Å²) in [7, 11) is -0.487. The van der Waals surface area contributed by atoms with E-state index in [0.717, 1.165) is 37.2 Å². The van der Waals surface area contributed by atoms with E-state index in [1.165, 1.54) is 31.8 Å². The molecule has 1 saturated heterocycles. The number of morpholine rings is 1. The molecule has 1 aliphatic heterocycles. The van der Waals surface area contributed by atoms with Gasteiger partial charge in [-0.05, 0) is 42.0 Å². The van der Waals surface area contributed by atoms with Gasteiger partial charge >= 0.3 is 0 Å². The van der Waals surface area contributed by atoms with Gasteiger partial charge in [0.2, 0.25) is 10.0 Å². The summed E-state index contributed by atoms with van der Waals surface area (Å²) in [5, 5.41) is 2.83. The Morgan fingerprint density at radius 2 is 1.71 bits per heavy atom. The summed E-state index contributed by atoms with van der Waals surface area (Å²) >= 11 is 0. The van der Waals surface area contributed by atoms with E-state index in [9.17, 15) is 13.2 Å². The van der Waals surface area contributed by atoms with Crippen molar-refractivity contribution in [1.29, 1.82) is 0 Å². The fraction of sp³-hybridized carbons (Fsp3) is 0.409. The molecule has 1 amide bonds. The molecule has 3 rings (SSSR count). The lowest BCUT2D eigenvalue weighted by molar-refractivity contribution is 0.0342. The summed E-state index contributed by atoms with van der Waals surface area (Å²) in [5.41, 5.74) is 1.77. The zero-order chi connectivity index (χ0) is 22.3. The van der Waals surface area contributed by atoms with Crippen LogP contribution in [0.2, 0.25) is 0 Å². The maximum absolute atomic E-state index is 12.3. The molecule has 2 aromatic rings. The third-order valence-electron chi connectivity index (χ3n) is 4.98. The van der Waals surface area contributed by atoms with Crippen LogP contribution in [0.15, 0.2) is 53.4 Å². The first-order valence-corrected chi connectivity index (χ1v) is 11.6. The van der Waals surface area contributed by atoms with Crippen LogP contribution in [-0.2, 0) is 21.3 Å². The Balaban J connectivity index is 1.41. The Bertz CT molecular complexity index is 954. The van der Waals surface area contributed by atoms with E-state index in [1.807, 2.05) is 24.3 Å². The fourth-order valence-electron chi connectivity index (χ4n) is 3.13. The molecule has 1 heterocycles. The summed E-state index contributed by atoms with van der Waals surface area (Å²) < 4.78 is 36.2. The molecule has 0 aromatic heterocycles. The van der Waals surface area contributed by atoms with Crippen LogP contribution in [0.25, 0.3) is 0 Å². The van der Waals surface area contributed by atoms with Crippen molar-refractivity contribution in [3.8, 4) is 5.75 Å². The highest BCUT2D eigenvalue weighted by molar-refractivity contribution is 7.89. The molecular formula is C22H29N3O5S. The van der Waals surface area contributed by atoms with Crippen molar-refractivity contribution in [3.05, 3.63) is 59.7 Å². The van der Waals surface area contributed by atoms with Crippen LogP contribution in [0, 0.1) is 0 Å². The second kappa shape index (κ2) is 10.7. The Morgan fingerprint density at radius 3 is 2.32 bits per heavy atom. The molecule has 1 fully saturated rings. The molecule has 0 unspecified atom stereocenters. The lowest BCUT2D eigenvalue weighted by atomic mass is 10.1. The number of ether oxygens (including phenoxy) is 2. The van der Waals surface area contributed by atoms with Crippen LogP contribution in [0.3, 0.4) is 0 Å². The van der Waals surface area contributed by atoms with E-state index < -0.39 is 10.0 Å². The van der Waals surface area contributed by atoms with Crippen molar-refractivity contribution in [2.45, 2.75) is 11.4 Å². The number of nitrogens with zero attached hydrogens (tertiary/aromatic N) is 2. The second-order valence-corrected chi connectivity index (χ2v) is 9.60. The first-order valence-electron chi connectivity index (χ1n) is 10.2. The molecule has 2 aromatic carbocycles. The van der Waals surface area contributed by atoms with Crippen molar-refractivity contribution in [2.75, 3.05) is 53.6 Å². The summed E-state index contributed by atoms with van der Waals surface area (Å²) in [6.45, 7) is 4.86. The van der Waals surface area contributed by atoms with Gasteiger partial charge < -0.3 is 14.8 Å². The molecule has 0 saturated carbocycles. The molecule has 31 heavy (non-hydrogen) atoms. The average molecular weight is 448 g/mol. The highest BCUT2D eigenvalue weighted by atomic mass is 32.2. The summed E-state index contributed by atoms with van der Waals surface area (Å²) in [6.07, 6.45) is 0. The minimum Gasteiger partial charge on any atom is -0.492 e. The van der Waals surface area contributed by atoms with E-state index in [4.69, 9.17) is 9.47 Å². The number of carbonyl (C=O) groups is 1. The van der Waals surface area contributed by atoms with Gasteiger partial charge in [-0.2, -0.15) is 0 Å². The number of sulfonamides is 1. The molecule has 1 N–H and O–H groups in total. The first-order chi connectivity index (χ1) is 14.9. The minimum atomic E-state index is -3.46. The number of carbonyl (C=O) groups excluding carboxylic acids is 1. The topological polar surface area (TPSA) is 88.2 Å². The Hall–Kier alpha value is -2.46. The van der Waals surface area contributed by atoms with Gasteiger partial charge in [-0.25, -0.2) is 12.7 Å². The molecule has 0 atom stereocenters. The van der Waals surface area contributed by atoms with Gasteiger partial charge in [0.1, 0.15) is 12.4 Å². The number of rotatable bonds is 9. The number of nitrogens with one attached hydrogen (secondary N) is 1. The minimum absolute atomic E-state index is 0.158. The average Bonchev–Trinajstić information content (AvgIpc) is 2.78. The molecule has 0 radical (unpaired) electrons. The van der Waals surface area contributed by atoms with Gasteiger partial charge in [-0.1, -0.05) is 12.1 Å². The van der Waals surface area contributed by atoms with Crippen LogP contribution >= 0.6 is 0 Å². The van der Waals surface area contributed by atoms with Crippen molar-refractivity contribution in [3.63, 3.8) is 0 Å². The maximum Gasteiger partial charge on any atom is 0.251 e. The van der Waals surface area contributed by atoms with Gasteiger partial charge in [-0.15, -0.1) is 0 Å². The summed E-state index contributed by atoms with van der Waals surface area (Å²) in [5.74, 6) is 0.383. The number of hydrogen-bond donors (Lipinski definition) is 1. The second-order valence-electron chi connectivity index (χ2n) is 7.45. The van der Waals surface area contributed by atoms with E-state index in [0.29, 0.717) is 17.9 Å². The fourth-order valence-corrected chi connectivity index (χ4v) is 4.03. The highest BCUT2D eigenvalue weighted by Crippen LogP contribution is 2.18. The standard InChI is InChI=1S/C22H29N3O5S/c1-24(2)31(27,28)21-9-7-20(8-10-21)30-14-11-23-22(26)19-5-3-18(4-6-19)17-25-12-15-29-16-13-25/h3-10H,11-17H2,1-2H3,(H,23,26). The van der Waals surface area contributed by atoms with Gasteiger partial charge in [-0.3, -0.25) is 9.69 Å². The normalized spacial score (nSPS) is 15.1. The van der Waals surface area contributed by atoms with Crippen molar-refractivity contribution < 1.29 is 22.7 Å². The highest BCUT2D eigenvalue weighted by Gasteiger charge is 2.16. The maximum atomic E-state index is 12.3. The molecule has 0 spiro atoms. The van der Waals surface area contributed by atoms with Gasteiger partial charge in [0.05, 0.1) is 24.7 Å². The monoisotopic (exact) mass is 447 g/mol. The molecule has 0 aliphatic carbocycles. The van der Waals surface area contributed by atoms with Crippen molar-refractivity contribution in [2.24, 2.45) is 0 Å². The Kier molecular flexibility index (Phi) is 8.03.